The molecule has 2 saturated carbocycles. The van der Waals surface area contributed by atoms with E-state index in [0.717, 1.165) is 16.5 Å². The standard InChI is InChI=1S/C25H20BrClN2O3/c1-11-7-18(26)19(27)10-20(11)28-23(30)12-3-2-4-13(8-12)29-24(31)21-14-5-6-15(17-9-16(14)17)22(21)25(29)32/h2-8,10,14-17,21-22H,9H2,1H3,(H,28,30)/t14-,15+,16-,17-,21+,22+/m1/s1. The largest absolute Gasteiger partial charge is 0.322 e. The molecule has 1 heterocycles. The van der Waals surface area contributed by atoms with E-state index in [4.69, 9.17) is 11.6 Å². The maximum absolute atomic E-state index is 13.3. The summed E-state index contributed by atoms with van der Waals surface area (Å²) in [6.07, 6.45) is 5.44. The van der Waals surface area contributed by atoms with E-state index < -0.39 is 0 Å². The third kappa shape index (κ3) is 2.85. The second-order valence-electron chi connectivity index (χ2n) is 9.25. The molecular weight excluding hydrogens is 492 g/mol. The van der Waals surface area contributed by atoms with Crippen LogP contribution in [0.3, 0.4) is 0 Å². The lowest BCUT2D eigenvalue weighted by molar-refractivity contribution is -0.124. The van der Waals surface area contributed by atoms with Crippen molar-refractivity contribution in [1.82, 2.24) is 0 Å². The highest BCUT2D eigenvalue weighted by Crippen LogP contribution is 2.65. The molecule has 1 aliphatic heterocycles. The number of hydrogen-bond donors (Lipinski definition) is 1. The van der Waals surface area contributed by atoms with Gasteiger partial charge in [0, 0.05) is 15.7 Å². The number of hydrogen-bond acceptors (Lipinski definition) is 3. The van der Waals surface area contributed by atoms with Crippen LogP contribution in [0.25, 0.3) is 0 Å². The fourth-order valence-corrected chi connectivity index (χ4v) is 6.59. The normalized spacial score (nSPS) is 31.5. The smallest absolute Gasteiger partial charge is 0.255 e. The summed E-state index contributed by atoms with van der Waals surface area (Å²) in [5.41, 5.74) is 2.30. The van der Waals surface area contributed by atoms with Crippen LogP contribution < -0.4 is 10.2 Å². The number of amides is 3. The number of halogens is 2. The van der Waals surface area contributed by atoms with Gasteiger partial charge < -0.3 is 5.32 Å². The van der Waals surface area contributed by atoms with Crippen molar-refractivity contribution in [2.24, 2.45) is 35.5 Å². The van der Waals surface area contributed by atoms with Crippen molar-refractivity contribution < 1.29 is 14.4 Å². The first-order valence-corrected chi connectivity index (χ1v) is 12.0. The third-order valence-electron chi connectivity index (χ3n) is 7.54. The topological polar surface area (TPSA) is 66.5 Å². The minimum Gasteiger partial charge on any atom is -0.322 e. The van der Waals surface area contributed by atoms with Crippen LogP contribution in [0.15, 0.2) is 53.0 Å². The van der Waals surface area contributed by atoms with Crippen LogP contribution in [0.5, 0.6) is 0 Å². The number of rotatable bonds is 3. The average molecular weight is 512 g/mol. The molecule has 5 aliphatic rings. The lowest BCUT2D eigenvalue weighted by atomic mass is 9.63. The molecule has 0 unspecified atom stereocenters. The van der Waals surface area contributed by atoms with E-state index in [-0.39, 0.29) is 41.4 Å². The van der Waals surface area contributed by atoms with Crippen LogP contribution in [0, 0.1) is 42.4 Å². The zero-order valence-corrected chi connectivity index (χ0v) is 19.6. The number of imide groups is 1. The van der Waals surface area contributed by atoms with Gasteiger partial charge in [0.1, 0.15) is 0 Å². The molecule has 3 fully saturated rings. The fraction of sp³-hybridized carbons (Fsp3) is 0.320. The van der Waals surface area contributed by atoms with E-state index >= 15 is 0 Å². The molecule has 0 aromatic heterocycles. The summed E-state index contributed by atoms with van der Waals surface area (Å²) in [7, 11) is 0. The van der Waals surface area contributed by atoms with Gasteiger partial charge in [-0.2, -0.15) is 0 Å². The quantitative estimate of drug-likeness (QED) is 0.454. The summed E-state index contributed by atoms with van der Waals surface area (Å²) in [5, 5.41) is 3.37. The average Bonchev–Trinajstić information content (AvgIpc) is 3.55. The van der Waals surface area contributed by atoms with Crippen LogP contribution in [0.2, 0.25) is 5.02 Å². The second-order valence-corrected chi connectivity index (χ2v) is 10.5. The van der Waals surface area contributed by atoms with Crippen LogP contribution in [-0.4, -0.2) is 17.7 Å². The first kappa shape index (κ1) is 20.2. The lowest BCUT2D eigenvalue weighted by Gasteiger charge is -2.37. The van der Waals surface area contributed by atoms with Gasteiger partial charge in [-0.05, 0) is 88.8 Å². The van der Waals surface area contributed by atoms with Gasteiger partial charge in [-0.15, -0.1) is 0 Å². The summed E-state index contributed by atoms with van der Waals surface area (Å²) in [4.78, 5) is 40.9. The van der Waals surface area contributed by atoms with Crippen molar-refractivity contribution >= 4 is 56.6 Å². The van der Waals surface area contributed by atoms with E-state index in [9.17, 15) is 14.4 Å². The van der Waals surface area contributed by atoms with Crippen molar-refractivity contribution in [1.29, 1.82) is 0 Å². The van der Waals surface area contributed by atoms with Gasteiger partial charge in [-0.1, -0.05) is 29.8 Å². The van der Waals surface area contributed by atoms with Crippen molar-refractivity contribution in [3.63, 3.8) is 0 Å². The molecule has 2 aromatic rings. The number of nitrogens with one attached hydrogen (secondary N) is 1. The SMILES string of the molecule is Cc1cc(Br)c(Cl)cc1NC(=O)c1cccc(N2C(=O)[C@H]3[C@@H]4C=C[C@@H]([C@H]5C[C@H]45)[C@@H]3C2=O)c1. The Bertz CT molecular complexity index is 1210. The van der Waals surface area contributed by atoms with Crippen molar-refractivity contribution in [2.75, 3.05) is 10.2 Å². The summed E-state index contributed by atoms with van der Waals surface area (Å²) in [6.45, 7) is 1.88. The molecule has 1 saturated heterocycles. The van der Waals surface area contributed by atoms with Crippen LogP contribution in [0.1, 0.15) is 22.3 Å². The molecule has 0 radical (unpaired) electrons. The first-order valence-electron chi connectivity index (χ1n) is 10.8. The van der Waals surface area contributed by atoms with Crippen LogP contribution in [0.4, 0.5) is 11.4 Å². The number of aryl methyl sites for hydroxylation is 1. The van der Waals surface area contributed by atoms with Gasteiger partial charge in [-0.3, -0.25) is 14.4 Å². The van der Waals surface area contributed by atoms with Crippen molar-refractivity contribution in [2.45, 2.75) is 13.3 Å². The van der Waals surface area contributed by atoms with Gasteiger partial charge in [0.2, 0.25) is 11.8 Å². The molecular formula is C25H20BrClN2O3. The molecule has 2 bridgehead atoms. The maximum atomic E-state index is 13.3. The Morgan fingerprint density at radius 3 is 2.38 bits per heavy atom. The second kappa shape index (κ2) is 7.03. The number of allylic oxidation sites excluding steroid dienone is 2. The molecule has 32 heavy (non-hydrogen) atoms. The Hall–Kier alpha value is -2.44. The number of nitrogens with zero attached hydrogens (tertiary/aromatic N) is 1. The minimum atomic E-state index is -0.326. The molecule has 7 rings (SSSR count). The summed E-state index contributed by atoms with van der Waals surface area (Å²) in [6, 6.07) is 10.3. The first-order chi connectivity index (χ1) is 15.3. The Morgan fingerprint density at radius 2 is 1.72 bits per heavy atom. The summed E-state index contributed by atoms with van der Waals surface area (Å²) < 4.78 is 0.755. The summed E-state index contributed by atoms with van der Waals surface area (Å²) >= 11 is 9.55. The molecule has 1 N–H and O–H groups in total. The van der Waals surface area contributed by atoms with E-state index in [2.05, 4.69) is 33.4 Å². The summed E-state index contributed by atoms with van der Waals surface area (Å²) in [5.74, 6) is 0.365. The molecule has 162 valence electrons. The Labute approximate surface area is 198 Å². The van der Waals surface area contributed by atoms with E-state index in [0.29, 0.717) is 33.8 Å². The highest BCUT2D eigenvalue weighted by atomic mass is 79.9. The lowest BCUT2D eigenvalue weighted by Crippen LogP contribution is -2.40. The molecule has 0 spiro atoms. The zero-order chi connectivity index (χ0) is 22.3. The Morgan fingerprint density at radius 1 is 1.06 bits per heavy atom. The van der Waals surface area contributed by atoms with Gasteiger partial charge in [0.05, 0.1) is 22.5 Å². The maximum Gasteiger partial charge on any atom is 0.255 e. The monoisotopic (exact) mass is 510 g/mol. The molecule has 3 amide bonds. The molecule has 4 aliphatic carbocycles. The van der Waals surface area contributed by atoms with Crippen molar-refractivity contribution in [3.8, 4) is 0 Å². The zero-order valence-electron chi connectivity index (χ0n) is 17.2. The molecule has 7 heteroatoms. The van der Waals surface area contributed by atoms with Crippen LogP contribution in [-0.2, 0) is 9.59 Å². The molecule has 2 aromatic carbocycles. The third-order valence-corrected chi connectivity index (χ3v) is 8.74. The van der Waals surface area contributed by atoms with E-state index in [1.807, 2.05) is 13.0 Å². The predicted octanol–water partition coefficient (Wildman–Crippen LogP) is 5.22. The van der Waals surface area contributed by atoms with Gasteiger partial charge in [0.15, 0.2) is 0 Å². The van der Waals surface area contributed by atoms with Gasteiger partial charge in [0.25, 0.3) is 5.91 Å². The number of carbonyl (C=O) groups is 3. The van der Waals surface area contributed by atoms with Gasteiger partial charge in [-0.25, -0.2) is 4.90 Å². The molecule has 6 atom stereocenters. The van der Waals surface area contributed by atoms with Crippen LogP contribution >= 0.6 is 27.5 Å². The number of carbonyl (C=O) groups excluding carboxylic acids is 3. The van der Waals surface area contributed by atoms with E-state index in [1.165, 1.54) is 4.90 Å². The fourth-order valence-electron chi connectivity index (χ4n) is 5.97. The van der Waals surface area contributed by atoms with Gasteiger partial charge >= 0.3 is 0 Å². The number of benzene rings is 2. The number of anilines is 2. The Balaban J connectivity index is 1.28. The van der Waals surface area contributed by atoms with Crippen molar-refractivity contribution in [3.05, 3.63) is 69.2 Å². The minimum absolute atomic E-state index is 0.127. The highest BCUT2D eigenvalue weighted by Gasteiger charge is 2.67. The predicted molar refractivity (Wildman–Crippen MR) is 125 cm³/mol. The van der Waals surface area contributed by atoms with E-state index in [1.54, 1.807) is 30.3 Å². The highest BCUT2D eigenvalue weighted by molar-refractivity contribution is 9.10. The molecule has 5 nitrogen and oxygen atoms in total. The Kier molecular flexibility index (Phi) is 4.43.